The van der Waals surface area contributed by atoms with Gasteiger partial charge in [-0.2, -0.15) is 0 Å². The third-order valence-corrected chi connectivity index (χ3v) is 1.83. The van der Waals surface area contributed by atoms with Crippen molar-refractivity contribution in [2.75, 3.05) is 0 Å². The lowest BCUT2D eigenvalue weighted by molar-refractivity contribution is -0.123. The smallest absolute Gasteiger partial charge is 0.237 e. The number of carbonyl (C=O) groups excluding carboxylic acids is 1. The number of nitrogens with one attached hydrogen (secondary N) is 2. The maximum Gasteiger partial charge on any atom is 0.237 e. The highest BCUT2D eigenvalue weighted by molar-refractivity contribution is 5.82. The molecular weight excluding hydrogens is 192 g/mol. The molecule has 0 unspecified atom stereocenters. The highest BCUT2D eigenvalue weighted by Crippen LogP contribution is 2.01. The lowest BCUT2D eigenvalue weighted by Crippen LogP contribution is -2.49. The zero-order valence-electron chi connectivity index (χ0n) is 9.37. The number of aromatic amines is 1. The fourth-order valence-corrected chi connectivity index (χ4v) is 1.19. The molecule has 0 radical (unpaired) electrons. The van der Waals surface area contributed by atoms with Crippen LogP contribution in [-0.2, 0) is 11.2 Å². The summed E-state index contributed by atoms with van der Waals surface area (Å²) in [5, 5.41) is 2.83. The summed E-state index contributed by atoms with van der Waals surface area (Å²) in [5.74, 6) is -0.142. The Morgan fingerprint density at radius 3 is 2.80 bits per heavy atom. The van der Waals surface area contributed by atoms with Crippen LogP contribution in [0.4, 0.5) is 0 Å². The van der Waals surface area contributed by atoms with Crippen LogP contribution in [0.3, 0.4) is 0 Å². The van der Waals surface area contributed by atoms with Gasteiger partial charge in [-0.3, -0.25) is 4.79 Å². The van der Waals surface area contributed by atoms with Crippen molar-refractivity contribution < 1.29 is 4.79 Å². The van der Waals surface area contributed by atoms with Gasteiger partial charge in [-0.25, -0.2) is 4.98 Å². The average molecular weight is 210 g/mol. The minimum Gasteiger partial charge on any atom is -0.350 e. The Hall–Kier alpha value is -1.36. The Morgan fingerprint density at radius 2 is 2.33 bits per heavy atom. The van der Waals surface area contributed by atoms with E-state index in [9.17, 15) is 4.79 Å². The van der Waals surface area contributed by atoms with E-state index in [0.29, 0.717) is 6.42 Å². The van der Waals surface area contributed by atoms with Gasteiger partial charge in [0.05, 0.1) is 12.4 Å². The van der Waals surface area contributed by atoms with Gasteiger partial charge in [-0.1, -0.05) is 0 Å². The van der Waals surface area contributed by atoms with Crippen molar-refractivity contribution in [1.82, 2.24) is 15.3 Å². The van der Waals surface area contributed by atoms with E-state index in [1.54, 1.807) is 12.5 Å². The van der Waals surface area contributed by atoms with Crippen molar-refractivity contribution in [3.05, 3.63) is 18.2 Å². The lowest BCUT2D eigenvalue weighted by atomic mass is 10.1. The lowest BCUT2D eigenvalue weighted by Gasteiger charge is -2.22. The molecule has 1 amide bonds. The Bertz CT molecular complexity index is 313. The number of aromatic nitrogens is 2. The first-order chi connectivity index (χ1) is 6.88. The van der Waals surface area contributed by atoms with Gasteiger partial charge < -0.3 is 16.0 Å². The molecule has 0 aliphatic carbocycles. The second kappa shape index (κ2) is 4.44. The molecule has 0 bridgehead atoms. The van der Waals surface area contributed by atoms with Crippen molar-refractivity contribution in [3.8, 4) is 0 Å². The zero-order chi connectivity index (χ0) is 11.5. The van der Waals surface area contributed by atoms with E-state index in [-0.39, 0.29) is 11.4 Å². The largest absolute Gasteiger partial charge is 0.350 e. The van der Waals surface area contributed by atoms with Crippen molar-refractivity contribution in [1.29, 1.82) is 0 Å². The van der Waals surface area contributed by atoms with E-state index >= 15 is 0 Å². The molecule has 84 valence electrons. The first kappa shape index (κ1) is 11.7. The molecule has 0 fully saturated rings. The molecule has 1 aromatic heterocycles. The summed E-state index contributed by atoms with van der Waals surface area (Å²) in [4.78, 5) is 18.4. The molecule has 0 saturated carbocycles. The summed E-state index contributed by atoms with van der Waals surface area (Å²) in [6.45, 7) is 5.77. The van der Waals surface area contributed by atoms with Crippen LogP contribution in [0.15, 0.2) is 12.5 Å². The molecule has 5 nitrogen and oxygen atoms in total. The van der Waals surface area contributed by atoms with E-state index in [1.165, 1.54) is 0 Å². The number of amides is 1. The summed E-state index contributed by atoms with van der Waals surface area (Å²) in [7, 11) is 0. The van der Waals surface area contributed by atoms with Crippen molar-refractivity contribution in [2.45, 2.75) is 38.8 Å². The first-order valence-electron chi connectivity index (χ1n) is 4.93. The molecule has 0 spiro atoms. The Morgan fingerprint density at radius 1 is 1.67 bits per heavy atom. The number of H-pyrrole nitrogens is 1. The average Bonchev–Trinajstić information content (AvgIpc) is 2.53. The van der Waals surface area contributed by atoms with Crippen LogP contribution in [0.1, 0.15) is 26.5 Å². The van der Waals surface area contributed by atoms with Crippen LogP contribution in [0, 0.1) is 0 Å². The quantitative estimate of drug-likeness (QED) is 0.666. The molecule has 4 N–H and O–H groups in total. The highest BCUT2D eigenvalue weighted by Gasteiger charge is 2.20. The minimum absolute atomic E-state index is 0.142. The number of hydrogen-bond acceptors (Lipinski definition) is 3. The van der Waals surface area contributed by atoms with Gasteiger partial charge in [0.1, 0.15) is 0 Å². The van der Waals surface area contributed by atoms with Crippen LogP contribution in [0.5, 0.6) is 0 Å². The van der Waals surface area contributed by atoms with E-state index in [0.717, 1.165) is 5.69 Å². The standard InChI is InChI=1S/C10H18N4O/c1-10(2,3)14-9(15)8(11)4-7-5-12-6-13-7/h5-6,8H,4,11H2,1-3H3,(H,12,13)(H,14,15)/t8-/m0/s1. The number of carbonyl (C=O) groups is 1. The molecule has 0 aliphatic heterocycles. The number of hydrogen-bond donors (Lipinski definition) is 3. The third-order valence-electron chi connectivity index (χ3n) is 1.83. The minimum atomic E-state index is -0.537. The van der Waals surface area contributed by atoms with Gasteiger partial charge in [-0.15, -0.1) is 0 Å². The fraction of sp³-hybridized carbons (Fsp3) is 0.600. The second-order valence-corrected chi connectivity index (χ2v) is 4.63. The molecule has 0 saturated heterocycles. The SMILES string of the molecule is CC(C)(C)NC(=O)[C@@H](N)Cc1cnc[nH]1. The molecule has 0 aromatic carbocycles. The van der Waals surface area contributed by atoms with Crippen molar-refractivity contribution in [3.63, 3.8) is 0 Å². The van der Waals surface area contributed by atoms with E-state index < -0.39 is 6.04 Å². The number of nitrogens with zero attached hydrogens (tertiary/aromatic N) is 1. The van der Waals surface area contributed by atoms with E-state index in [1.807, 2.05) is 20.8 Å². The van der Waals surface area contributed by atoms with E-state index in [4.69, 9.17) is 5.73 Å². The normalized spacial score (nSPS) is 13.6. The van der Waals surface area contributed by atoms with E-state index in [2.05, 4.69) is 15.3 Å². The third kappa shape index (κ3) is 4.12. The van der Waals surface area contributed by atoms with Crippen LogP contribution >= 0.6 is 0 Å². The molecule has 5 heteroatoms. The predicted octanol–water partition coefficient (Wildman–Crippen LogP) is 0.194. The van der Waals surface area contributed by atoms with Gasteiger partial charge >= 0.3 is 0 Å². The number of rotatable bonds is 3. The number of nitrogens with two attached hydrogens (primary N) is 1. The van der Waals surface area contributed by atoms with Gasteiger partial charge in [0, 0.05) is 23.9 Å². The van der Waals surface area contributed by atoms with Crippen LogP contribution in [-0.4, -0.2) is 27.5 Å². The van der Waals surface area contributed by atoms with Crippen LogP contribution < -0.4 is 11.1 Å². The molecular formula is C10H18N4O. The summed E-state index contributed by atoms with van der Waals surface area (Å²) in [6, 6.07) is -0.537. The molecule has 1 heterocycles. The Labute approximate surface area is 89.5 Å². The van der Waals surface area contributed by atoms with Crippen molar-refractivity contribution in [2.24, 2.45) is 5.73 Å². The van der Waals surface area contributed by atoms with Gasteiger partial charge in [0.15, 0.2) is 0 Å². The zero-order valence-corrected chi connectivity index (χ0v) is 9.37. The molecule has 15 heavy (non-hydrogen) atoms. The fourth-order valence-electron chi connectivity index (χ4n) is 1.19. The molecule has 1 rings (SSSR count). The maximum absolute atomic E-state index is 11.6. The van der Waals surface area contributed by atoms with Gasteiger partial charge in [0.25, 0.3) is 0 Å². The Kier molecular flexibility index (Phi) is 3.47. The predicted molar refractivity (Wildman–Crippen MR) is 58.2 cm³/mol. The topological polar surface area (TPSA) is 83.8 Å². The van der Waals surface area contributed by atoms with Gasteiger partial charge in [0.2, 0.25) is 5.91 Å². The number of imidazole rings is 1. The summed E-state index contributed by atoms with van der Waals surface area (Å²) < 4.78 is 0. The molecule has 1 aromatic rings. The molecule has 0 aliphatic rings. The first-order valence-corrected chi connectivity index (χ1v) is 4.93. The van der Waals surface area contributed by atoms with Crippen LogP contribution in [0.2, 0.25) is 0 Å². The van der Waals surface area contributed by atoms with Crippen molar-refractivity contribution >= 4 is 5.91 Å². The summed E-state index contributed by atoms with van der Waals surface area (Å²) in [5.41, 5.74) is 6.38. The van der Waals surface area contributed by atoms with Gasteiger partial charge in [-0.05, 0) is 20.8 Å². The molecule has 1 atom stereocenters. The summed E-state index contributed by atoms with van der Waals surface area (Å²) >= 11 is 0. The monoisotopic (exact) mass is 210 g/mol. The maximum atomic E-state index is 11.6. The summed E-state index contributed by atoms with van der Waals surface area (Å²) in [6.07, 6.45) is 3.72. The van der Waals surface area contributed by atoms with Crippen LogP contribution in [0.25, 0.3) is 0 Å². The highest BCUT2D eigenvalue weighted by atomic mass is 16.2. The Balaban J connectivity index is 2.47. The second-order valence-electron chi connectivity index (χ2n) is 4.63.